The molecule has 6 heteroatoms. The summed E-state index contributed by atoms with van der Waals surface area (Å²) < 4.78 is 0. The fourth-order valence-electron chi connectivity index (χ4n) is 1.02. The van der Waals surface area contributed by atoms with Crippen molar-refractivity contribution in [3.05, 3.63) is 27.0 Å². The Labute approximate surface area is 88.6 Å². The van der Waals surface area contributed by atoms with Crippen LogP contribution < -0.4 is 10.6 Å². The van der Waals surface area contributed by atoms with E-state index in [1.165, 1.54) is 11.3 Å². The fraction of sp³-hybridized carbons (Fsp3) is 0. The molecule has 72 valence electrons. The number of carbonyl (C=O) groups excluding carboxylic acids is 2. The molecule has 2 rings (SSSR count). The maximum absolute atomic E-state index is 11.1. The van der Waals surface area contributed by atoms with Crippen LogP contribution in [0.2, 0.25) is 5.02 Å². The predicted octanol–water partition coefficient (Wildman–Crippen LogP) is 1.58. The molecule has 0 radical (unpaired) electrons. The van der Waals surface area contributed by atoms with Gasteiger partial charge in [-0.1, -0.05) is 11.6 Å². The van der Waals surface area contributed by atoms with Gasteiger partial charge < -0.3 is 5.32 Å². The van der Waals surface area contributed by atoms with Crippen molar-refractivity contribution < 1.29 is 9.59 Å². The van der Waals surface area contributed by atoms with Gasteiger partial charge in [0.2, 0.25) is 0 Å². The molecule has 1 aromatic rings. The average Bonchev–Trinajstić information content (AvgIpc) is 2.62. The number of urea groups is 1. The molecule has 1 fully saturated rings. The van der Waals surface area contributed by atoms with E-state index in [1.807, 2.05) is 5.38 Å². The number of imide groups is 1. The number of carbonyl (C=O) groups is 2. The maximum Gasteiger partial charge on any atom is 0.326 e. The Hall–Kier alpha value is -1.33. The van der Waals surface area contributed by atoms with E-state index in [0.717, 1.165) is 4.88 Å². The zero-order chi connectivity index (χ0) is 10.1. The summed E-state index contributed by atoms with van der Waals surface area (Å²) in [6, 6.07) is 1.22. The normalized spacial score (nSPS) is 18.5. The Bertz CT molecular complexity index is 438. The molecule has 4 nitrogen and oxygen atoms in total. The second-order valence-corrected chi connectivity index (χ2v) is 3.95. The number of thiophene rings is 1. The first-order valence-electron chi connectivity index (χ1n) is 3.74. The fourth-order valence-corrected chi connectivity index (χ4v) is 2.07. The van der Waals surface area contributed by atoms with E-state index in [0.29, 0.717) is 5.02 Å². The summed E-state index contributed by atoms with van der Waals surface area (Å²) in [7, 11) is 0. The number of amides is 3. The standard InChI is InChI=1S/C8H5ClN2O2S/c9-4-1-2-14-6(4)3-5-7(12)11-8(13)10-5/h1-3H,(H2,10,11,12,13)/b5-3-. The minimum absolute atomic E-state index is 0.222. The number of hydrogen-bond donors (Lipinski definition) is 2. The van der Waals surface area contributed by atoms with Crippen molar-refractivity contribution in [2.24, 2.45) is 0 Å². The SMILES string of the molecule is O=C1NC(=O)/C(=C/c2sccc2Cl)N1. The van der Waals surface area contributed by atoms with Crippen molar-refractivity contribution in [2.45, 2.75) is 0 Å². The first-order chi connectivity index (χ1) is 6.66. The van der Waals surface area contributed by atoms with Crippen LogP contribution in [0.5, 0.6) is 0 Å². The summed E-state index contributed by atoms with van der Waals surface area (Å²) in [5, 5.41) is 6.86. The molecule has 1 aromatic heterocycles. The van der Waals surface area contributed by atoms with E-state index in [1.54, 1.807) is 12.1 Å². The highest BCUT2D eigenvalue weighted by Gasteiger charge is 2.23. The minimum atomic E-state index is -0.506. The Morgan fingerprint density at radius 2 is 2.14 bits per heavy atom. The van der Waals surface area contributed by atoms with Gasteiger partial charge in [0.25, 0.3) is 5.91 Å². The van der Waals surface area contributed by atoms with Crippen molar-refractivity contribution in [2.75, 3.05) is 0 Å². The Morgan fingerprint density at radius 3 is 2.64 bits per heavy atom. The van der Waals surface area contributed by atoms with Crippen LogP contribution in [0.1, 0.15) is 4.88 Å². The van der Waals surface area contributed by atoms with Crippen LogP contribution >= 0.6 is 22.9 Å². The summed E-state index contributed by atoms with van der Waals surface area (Å²) in [6.07, 6.45) is 1.55. The van der Waals surface area contributed by atoms with Crippen LogP contribution in [0.4, 0.5) is 4.79 Å². The van der Waals surface area contributed by atoms with Gasteiger partial charge >= 0.3 is 6.03 Å². The van der Waals surface area contributed by atoms with E-state index < -0.39 is 11.9 Å². The molecule has 14 heavy (non-hydrogen) atoms. The average molecular weight is 229 g/mol. The molecule has 0 aliphatic carbocycles. The molecular formula is C8H5ClN2O2S. The highest BCUT2D eigenvalue weighted by molar-refractivity contribution is 7.11. The third kappa shape index (κ3) is 1.64. The van der Waals surface area contributed by atoms with E-state index in [2.05, 4.69) is 10.6 Å². The molecule has 0 spiro atoms. The number of halogens is 1. The van der Waals surface area contributed by atoms with Gasteiger partial charge in [-0.3, -0.25) is 10.1 Å². The van der Waals surface area contributed by atoms with Crippen molar-refractivity contribution in [1.29, 1.82) is 0 Å². The number of nitrogens with one attached hydrogen (secondary N) is 2. The molecule has 0 bridgehead atoms. The summed E-state index contributed by atoms with van der Waals surface area (Å²) in [5.74, 6) is -0.431. The van der Waals surface area contributed by atoms with Crippen LogP contribution in [0, 0.1) is 0 Å². The first-order valence-corrected chi connectivity index (χ1v) is 4.99. The second-order valence-electron chi connectivity index (χ2n) is 2.60. The molecule has 0 aromatic carbocycles. The minimum Gasteiger partial charge on any atom is -0.303 e. The second kappa shape index (κ2) is 3.43. The predicted molar refractivity (Wildman–Crippen MR) is 54.0 cm³/mol. The Kier molecular flexibility index (Phi) is 2.26. The lowest BCUT2D eigenvalue weighted by Gasteiger charge is -1.92. The largest absolute Gasteiger partial charge is 0.326 e. The molecule has 3 amide bonds. The van der Waals surface area contributed by atoms with Crippen molar-refractivity contribution >= 4 is 41.0 Å². The Balaban J connectivity index is 2.32. The van der Waals surface area contributed by atoms with Crippen molar-refractivity contribution in [3.8, 4) is 0 Å². The zero-order valence-electron chi connectivity index (χ0n) is 6.83. The van der Waals surface area contributed by atoms with Gasteiger partial charge in [0, 0.05) is 4.88 Å². The van der Waals surface area contributed by atoms with Crippen molar-refractivity contribution in [3.63, 3.8) is 0 Å². The maximum atomic E-state index is 11.1. The van der Waals surface area contributed by atoms with E-state index >= 15 is 0 Å². The van der Waals surface area contributed by atoms with E-state index in [4.69, 9.17) is 11.6 Å². The van der Waals surface area contributed by atoms with E-state index in [-0.39, 0.29) is 5.70 Å². The Morgan fingerprint density at radius 1 is 1.36 bits per heavy atom. The molecule has 0 atom stereocenters. The van der Waals surface area contributed by atoms with Gasteiger partial charge in [0.05, 0.1) is 5.02 Å². The van der Waals surface area contributed by atoms with Gasteiger partial charge in [0.15, 0.2) is 0 Å². The monoisotopic (exact) mass is 228 g/mol. The molecule has 1 aliphatic rings. The highest BCUT2D eigenvalue weighted by Crippen LogP contribution is 2.24. The van der Waals surface area contributed by atoms with Gasteiger partial charge in [-0.25, -0.2) is 4.79 Å². The molecule has 0 saturated carbocycles. The van der Waals surface area contributed by atoms with Crippen LogP contribution in [-0.2, 0) is 4.79 Å². The summed E-state index contributed by atoms with van der Waals surface area (Å²) in [5.41, 5.74) is 0.222. The summed E-state index contributed by atoms with van der Waals surface area (Å²) in [4.78, 5) is 22.6. The molecule has 1 aliphatic heterocycles. The smallest absolute Gasteiger partial charge is 0.303 e. The molecule has 0 unspecified atom stereocenters. The summed E-state index contributed by atoms with van der Waals surface area (Å²) in [6.45, 7) is 0. The van der Waals surface area contributed by atoms with E-state index in [9.17, 15) is 9.59 Å². The number of hydrogen-bond acceptors (Lipinski definition) is 3. The lowest BCUT2D eigenvalue weighted by Crippen LogP contribution is -2.22. The van der Waals surface area contributed by atoms with Crippen LogP contribution in [0.25, 0.3) is 6.08 Å². The van der Waals surface area contributed by atoms with Crippen LogP contribution in [0.3, 0.4) is 0 Å². The quantitative estimate of drug-likeness (QED) is 0.566. The zero-order valence-corrected chi connectivity index (χ0v) is 8.41. The topological polar surface area (TPSA) is 58.2 Å². The lowest BCUT2D eigenvalue weighted by molar-refractivity contribution is -0.115. The lowest BCUT2D eigenvalue weighted by atomic mass is 10.3. The van der Waals surface area contributed by atoms with Gasteiger partial charge in [0.1, 0.15) is 5.70 Å². The third-order valence-electron chi connectivity index (χ3n) is 1.64. The first kappa shape index (κ1) is 9.23. The van der Waals surface area contributed by atoms with Gasteiger partial charge in [-0.2, -0.15) is 0 Å². The summed E-state index contributed by atoms with van der Waals surface area (Å²) >= 11 is 7.22. The third-order valence-corrected chi connectivity index (χ3v) is 2.95. The molecule has 1 saturated heterocycles. The van der Waals surface area contributed by atoms with Crippen molar-refractivity contribution in [1.82, 2.24) is 10.6 Å². The molecular weight excluding hydrogens is 224 g/mol. The van der Waals surface area contributed by atoms with Gasteiger partial charge in [-0.15, -0.1) is 11.3 Å². The van der Waals surface area contributed by atoms with Gasteiger partial charge in [-0.05, 0) is 17.5 Å². The highest BCUT2D eigenvalue weighted by atomic mass is 35.5. The molecule has 2 heterocycles. The van der Waals surface area contributed by atoms with Crippen LogP contribution in [-0.4, -0.2) is 11.9 Å². The number of rotatable bonds is 1. The van der Waals surface area contributed by atoms with Crippen LogP contribution in [0.15, 0.2) is 17.1 Å². The molecule has 2 N–H and O–H groups in total.